The van der Waals surface area contributed by atoms with E-state index < -0.39 is 23.6 Å². The van der Waals surface area contributed by atoms with E-state index >= 15 is 0 Å². The van der Waals surface area contributed by atoms with E-state index in [0.717, 1.165) is 35.2 Å². The van der Waals surface area contributed by atoms with Crippen molar-refractivity contribution in [2.75, 3.05) is 19.8 Å². The molecule has 0 aliphatic carbocycles. The molecule has 2 aromatic rings. The summed E-state index contributed by atoms with van der Waals surface area (Å²) in [4.78, 5) is 28.5. The number of aromatic nitrogens is 1. The van der Waals surface area contributed by atoms with E-state index in [2.05, 4.69) is 4.98 Å². The summed E-state index contributed by atoms with van der Waals surface area (Å²) in [5.74, 6) is -2.17. The highest BCUT2D eigenvalue weighted by atomic mass is 32.2. The Morgan fingerprint density at radius 1 is 1.36 bits per heavy atom. The van der Waals surface area contributed by atoms with E-state index in [9.17, 15) is 27.9 Å². The highest BCUT2D eigenvalue weighted by Crippen LogP contribution is 2.36. The van der Waals surface area contributed by atoms with Gasteiger partial charge in [0.1, 0.15) is 0 Å². The number of benzene rings is 1. The maximum absolute atomic E-state index is 12.7. The molecule has 0 fully saturated rings. The Balaban J connectivity index is 2.11. The number of carboxylic acid groups (broad SMARTS) is 1. The van der Waals surface area contributed by atoms with Gasteiger partial charge in [-0.25, -0.2) is 4.98 Å². The lowest BCUT2D eigenvalue weighted by Gasteiger charge is -2.14. The summed E-state index contributed by atoms with van der Waals surface area (Å²) >= 11 is 2.19. The summed E-state index contributed by atoms with van der Waals surface area (Å²) < 4.78 is 39.0. The molecule has 0 spiro atoms. The molecule has 1 N–H and O–H groups in total. The van der Waals surface area contributed by atoms with Gasteiger partial charge in [0, 0.05) is 26.3 Å². The number of amides is 1. The first-order valence-electron chi connectivity index (χ1n) is 7.11. The van der Waals surface area contributed by atoms with Crippen LogP contribution < -0.4 is 0 Å². The van der Waals surface area contributed by atoms with Crippen LogP contribution in [-0.4, -0.2) is 46.7 Å². The van der Waals surface area contributed by atoms with Crippen molar-refractivity contribution in [1.29, 1.82) is 0 Å². The molecule has 25 heavy (non-hydrogen) atoms. The van der Waals surface area contributed by atoms with Gasteiger partial charge in [0.2, 0.25) is 5.91 Å². The first kappa shape index (κ1) is 19.5. The van der Waals surface area contributed by atoms with Crippen LogP contribution >= 0.6 is 23.1 Å². The van der Waals surface area contributed by atoms with E-state index in [4.69, 9.17) is 0 Å². The van der Waals surface area contributed by atoms with Gasteiger partial charge in [-0.1, -0.05) is 11.8 Å². The quantitative estimate of drug-likeness (QED) is 0.761. The van der Waals surface area contributed by atoms with Crippen molar-refractivity contribution < 1.29 is 27.9 Å². The zero-order valence-corrected chi connectivity index (χ0v) is 15.0. The molecular weight excluding hydrogens is 377 g/mol. The Hall–Kier alpha value is -1.81. The van der Waals surface area contributed by atoms with Crippen molar-refractivity contribution in [3.8, 4) is 0 Å². The first-order valence-corrected chi connectivity index (χ1v) is 8.91. The molecule has 1 unspecified atom stereocenters. The molecule has 1 atom stereocenters. The molecular formula is C15H15F3N2O3S2. The van der Waals surface area contributed by atoms with Gasteiger partial charge in [-0.2, -0.15) is 13.2 Å². The molecule has 0 aliphatic rings. The Morgan fingerprint density at radius 2 is 2.04 bits per heavy atom. The number of nitrogens with zero attached hydrogens (tertiary/aromatic N) is 2. The standard InChI is InChI=1S/C15H15F3N2O3S2/c1-20(2)12(21)5-8(13(22)23)7-24-14-19-10-4-3-9(15(16,17)18)6-11(10)25-14/h3-4,6,8H,5,7H2,1-2H3,(H,22,23). The van der Waals surface area contributed by atoms with E-state index in [-0.39, 0.29) is 18.1 Å². The van der Waals surface area contributed by atoms with Crippen molar-refractivity contribution in [2.24, 2.45) is 5.92 Å². The second kappa shape index (κ2) is 7.61. The smallest absolute Gasteiger partial charge is 0.416 e. The third kappa shape index (κ3) is 5.08. The second-order valence-corrected chi connectivity index (χ2v) is 7.80. The maximum Gasteiger partial charge on any atom is 0.416 e. The minimum atomic E-state index is -4.42. The SMILES string of the molecule is CN(C)C(=O)CC(CSc1nc2ccc(C(F)(F)F)cc2s1)C(=O)O. The Bertz CT molecular complexity index is 790. The van der Waals surface area contributed by atoms with Crippen LogP contribution in [0.5, 0.6) is 0 Å². The summed E-state index contributed by atoms with van der Waals surface area (Å²) in [5.41, 5.74) is -0.322. The molecule has 1 amide bonds. The normalized spacial score (nSPS) is 13.0. The number of carbonyl (C=O) groups excluding carboxylic acids is 1. The Morgan fingerprint density at radius 3 is 2.60 bits per heavy atom. The second-order valence-electron chi connectivity index (χ2n) is 5.50. The number of carbonyl (C=O) groups is 2. The van der Waals surface area contributed by atoms with Crippen LogP contribution in [0.4, 0.5) is 13.2 Å². The van der Waals surface area contributed by atoms with E-state index in [1.807, 2.05) is 0 Å². The van der Waals surface area contributed by atoms with E-state index in [0.29, 0.717) is 14.6 Å². The number of halogens is 3. The third-order valence-corrected chi connectivity index (χ3v) is 5.70. The van der Waals surface area contributed by atoms with E-state index in [1.54, 1.807) is 14.1 Å². The predicted octanol–water partition coefficient (Wildman–Crippen LogP) is 3.59. The first-order chi connectivity index (χ1) is 11.6. The summed E-state index contributed by atoms with van der Waals surface area (Å²) in [7, 11) is 3.08. The van der Waals surface area contributed by atoms with Crippen molar-refractivity contribution in [3.63, 3.8) is 0 Å². The molecule has 0 aliphatic heterocycles. The van der Waals surface area contributed by atoms with Crippen LogP contribution in [-0.2, 0) is 15.8 Å². The van der Waals surface area contributed by atoms with Gasteiger partial charge in [0.05, 0.1) is 21.7 Å². The van der Waals surface area contributed by atoms with Gasteiger partial charge in [0.15, 0.2) is 4.34 Å². The lowest BCUT2D eigenvalue weighted by atomic mass is 10.1. The molecule has 0 bridgehead atoms. The van der Waals surface area contributed by atoms with Crippen LogP contribution in [0.3, 0.4) is 0 Å². The average molecular weight is 392 g/mol. The number of hydrogen-bond donors (Lipinski definition) is 1. The number of alkyl halides is 3. The zero-order valence-electron chi connectivity index (χ0n) is 13.3. The molecule has 136 valence electrons. The van der Waals surface area contributed by atoms with Crippen molar-refractivity contribution in [2.45, 2.75) is 16.9 Å². The lowest BCUT2D eigenvalue weighted by Crippen LogP contribution is -2.28. The number of hydrogen-bond acceptors (Lipinski definition) is 5. The van der Waals surface area contributed by atoms with Gasteiger partial charge < -0.3 is 10.0 Å². The van der Waals surface area contributed by atoms with Crippen molar-refractivity contribution in [3.05, 3.63) is 23.8 Å². The van der Waals surface area contributed by atoms with Crippen LogP contribution in [0, 0.1) is 5.92 Å². The Kier molecular flexibility index (Phi) is 5.94. The van der Waals surface area contributed by atoms with E-state index in [1.165, 1.54) is 11.0 Å². The summed E-state index contributed by atoms with van der Waals surface area (Å²) in [6.45, 7) is 0. The van der Waals surface area contributed by atoms with Gasteiger partial charge >= 0.3 is 12.1 Å². The zero-order chi connectivity index (χ0) is 18.8. The largest absolute Gasteiger partial charge is 0.481 e. The lowest BCUT2D eigenvalue weighted by molar-refractivity contribution is -0.144. The van der Waals surface area contributed by atoms with Crippen molar-refractivity contribution >= 4 is 45.2 Å². The fourth-order valence-corrected chi connectivity index (χ4v) is 4.14. The molecule has 1 heterocycles. The van der Waals surface area contributed by atoms with Crippen LogP contribution in [0.15, 0.2) is 22.5 Å². The third-order valence-electron chi connectivity index (χ3n) is 3.37. The minimum Gasteiger partial charge on any atom is -0.481 e. The summed E-state index contributed by atoms with van der Waals surface area (Å²) in [6, 6.07) is 3.29. The predicted molar refractivity (Wildman–Crippen MR) is 89.8 cm³/mol. The number of thiazole rings is 1. The minimum absolute atomic E-state index is 0.112. The molecule has 5 nitrogen and oxygen atoms in total. The Labute approximate surface area is 149 Å². The monoisotopic (exact) mass is 392 g/mol. The van der Waals surface area contributed by atoms with Crippen LogP contribution in [0.2, 0.25) is 0 Å². The maximum atomic E-state index is 12.7. The van der Waals surface area contributed by atoms with Crippen LogP contribution in [0.25, 0.3) is 10.2 Å². The number of aliphatic carboxylic acids is 1. The van der Waals surface area contributed by atoms with Gasteiger partial charge in [-0.05, 0) is 18.2 Å². The molecule has 2 rings (SSSR count). The number of fused-ring (bicyclic) bond motifs is 1. The summed E-state index contributed by atoms with van der Waals surface area (Å²) in [5, 5.41) is 9.22. The van der Waals surface area contributed by atoms with Crippen molar-refractivity contribution in [1.82, 2.24) is 9.88 Å². The molecule has 1 aromatic heterocycles. The fourth-order valence-electron chi connectivity index (χ4n) is 1.92. The summed E-state index contributed by atoms with van der Waals surface area (Å²) in [6.07, 6.45) is -4.56. The average Bonchev–Trinajstić information content (AvgIpc) is 2.91. The van der Waals surface area contributed by atoms with Gasteiger partial charge in [0.25, 0.3) is 0 Å². The number of thioether (sulfide) groups is 1. The number of carboxylic acids is 1. The molecule has 0 saturated carbocycles. The highest BCUT2D eigenvalue weighted by Gasteiger charge is 2.31. The molecule has 0 saturated heterocycles. The highest BCUT2D eigenvalue weighted by molar-refractivity contribution is 8.01. The number of rotatable bonds is 6. The fraction of sp³-hybridized carbons (Fsp3) is 0.400. The molecule has 10 heteroatoms. The van der Waals surface area contributed by atoms with Crippen LogP contribution in [0.1, 0.15) is 12.0 Å². The molecule has 1 aromatic carbocycles. The topological polar surface area (TPSA) is 70.5 Å². The van der Waals surface area contributed by atoms with Gasteiger partial charge in [-0.3, -0.25) is 9.59 Å². The van der Waals surface area contributed by atoms with Gasteiger partial charge in [-0.15, -0.1) is 11.3 Å². The molecule has 0 radical (unpaired) electrons.